The molecular formula is C26H24O9S. The second-order valence-electron chi connectivity index (χ2n) is 8.10. The predicted molar refractivity (Wildman–Crippen MR) is 126 cm³/mol. The molecule has 0 aromatic heterocycles. The van der Waals surface area contributed by atoms with E-state index in [0.717, 1.165) is 5.56 Å². The van der Waals surface area contributed by atoms with Gasteiger partial charge in [-0.15, -0.1) is 0 Å². The van der Waals surface area contributed by atoms with Gasteiger partial charge in [0.25, 0.3) is 10.1 Å². The van der Waals surface area contributed by atoms with Crippen molar-refractivity contribution in [1.82, 2.24) is 0 Å². The van der Waals surface area contributed by atoms with Crippen molar-refractivity contribution in [3.63, 3.8) is 0 Å². The van der Waals surface area contributed by atoms with E-state index in [0.29, 0.717) is 0 Å². The first-order valence-corrected chi connectivity index (χ1v) is 12.5. The fourth-order valence-corrected chi connectivity index (χ4v) is 4.63. The second kappa shape index (κ2) is 11.0. The maximum absolute atomic E-state index is 13.0. The van der Waals surface area contributed by atoms with Gasteiger partial charge >= 0.3 is 11.9 Å². The lowest BCUT2D eigenvalue weighted by atomic mass is 10.0. The molecule has 10 heteroatoms. The summed E-state index contributed by atoms with van der Waals surface area (Å²) in [6, 6.07) is 21.9. The molecule has 0 amide bonds. The molecule has 3 aromatic rings. The Morgan fingerprint density at radius 2 is 1.31 bits per heavy atom. The van der Waals surface area contributed by atoms with Crippen molar-refractivity contribution in [2.45, 2.75) is 36.4 Å². The molecule has 188 valence electrons. The highest BCUT2D eigenvalue weighted by atomic mass is 32.2. The van der Waals surface area contributed by atoms with E-state index in [-0.39, 0.29) is 16.0 Å². The number of aliphatic hydroxyl groups excluding tert-OH is 1. The molecule has 0 bridgehead atoms. The van der Waals surface area contributed by atoms with Crippen LogP contribution < -0.4 is 0 Å². The average Bonchev–Trinajstić information content (AvgIpc) is 2.88. The Balaban J connectivity index is 1.63. The Hall–Kier alpha value is -3.57. The van der Waals surface area contributed by atoms with Crippen LogP contribution in [0.15, 0.2) is 89.8 Å². The minimum atomic E-state index is -4.32. The highest BCUT2D eigenvalue weighted by molar-refractivity contribution is 7.86. The third-order valence-electron chi connectivity index (χ3n) is 5.47. The number of aliphatic hydroxyl groups is 1. The number of aryl methyl sites for hydroxylation is 1. The summed E-state index contributed by atoms with van der Waals surface area (Å²) >= 11 is 0. The van der Waals surface area contributed by atoms with Gasteiger partial charge in [-0.3, -0.25) is 4.18 Å². The van der Waals surface area contributed by atoms with E-state index in [2.05, 4.69) is 0 Å². The smallest absolute Gasteiger partial charge is 0.338 e. The largest absolute Gasteiger partial charge is 0.452 e. The molecule has 9 nitrogen and oxygen atoms in total. The summed E-state index contributed by atoms with van der Waals surface area (Å²) < 4.78 is 47.6. The highest BCUT2D eigenvalue weighted by Crippen LogP contribution is 2.27. The van der Waals surface area contributed by atoms with E-state index < -0.39 is 53.3 Å². The lowest BCUT2D eigenvalue weighted by Gasteiger charge is -2.38. The molecule has 1 heterocycles. The molecule has 36 heavy (non-hydrogen) atoms. The third kappa shape index (κ3) is 5.97. The minimum Gasteiger partial charge on any atom is -0.452 e. The molecule has 0 aliphatic carbocycles. The van der Waals surface area contributed by atoms with E-state index in [1.54, 1.807) is 55.5 Å². The number of esters is 2. The molecule has 4 rings (SSSR count). The summed E-state index contributed by atoms with van der Waals surface area (Å²) in [5.74, 6) is -1.65. The topological polar surface area (TPSA) is 125 Å². The zero-order valence-electron chi connectivity index (χ0n) is 19.2. The summed E-state index contributed by atoms with van der Waals surface area (Å²) in [4.78, 5) is 25.4. The lowest BCUT2D eigenvalue weighted by molar-refractivity contribution is -0.246. The van der Waals surface area contributed by atoms with Gasteiger partial charge in [-0.05, 0) is 43.3 Å². The van der Waals surface area contributed by atoms with Gasteiger partial charge in [0, 0.05) is 0 Å². The molecule has 3 aromatic carbocycles. The second-order valence-corrected chi connectivity index (χ2v) is 9.67. The molecule has 4 atom stereocenters. The summed E-state index contributed by atoms with van der Waals surface area (Å²) in [6.45, 7) is 1.36. The normalized spacial score (nSPS) is 21.9. The molecule has 1 saturated heterocycles. The predicted octanol–water partition coefficient (Wildman–Crippen LogP) is 2.87. The van der Waals surface area contributed by atoms with Gasteiger partial charge in [-0.1, -0.05) is 54.1 Å². The number of hydrogen-bond donors (Lipinski definition) is 1. The summed E-state index contributed by atoms with van der Waals surface area (Å²) in [5.41, 5.74) is 1.19. The first-order chi connectivity index (χ1) is 17.2. The number of carbonyl (C=O) groups is 2. The minimum absolute atomic E-state index is 0.120. The molecule has 1 aliphatic heterocycles. The number of hydrogen-bond acceptors (Lipinski definition) is 9. The van der Waals surface area contributed by atoms with Crippen molar-refractivity contribution in [2.24, 2.45) is 0 Å². The number of benzene rings is 3. The fraction of sp³-hybridized carbons (Fsp3) is 0.231. The summed E-state index contributed by atoms with van der Waals surface area (Å²) in [5, 5.41) is 10.5. The van der Waals surface area contributed by atoms with Gasteiger partial charge in [-0.25, -0.2) is 9.59 Å². The zero-order chi connectivity index (χ0) is 25.7. The zero-order valence-corrected chi connectivity index (χ0v) is 20.0. The van der Waals surface area contributed by atoms with Crippen LogP contribution in [0.5, 0.6) is 0 Å². The third-order valence-corrected chi connectivity index (χ3v) is 6.82. The Morgan fingerprint density at radius 3 is 1.83 bits per heavy atom. The SMILES string of the molecule is Cc1ccc(S(=O)(=O)OC2COC(O)C(OC(=O)c3ccccc3)C2OC(=O)c2ccccc2)cc1. The Labute approximate surface area is 208 Å². The standard InChI is InChI=1S/C26H24O9S/c1-17-12-14-20(15-13-17)36(30,31)35-21-16-32-26(29)23(34-25(28)19-10-6-3-7-11-19)22(21)33-24(27)18-8-4-2-5-9-18/h2-15,21-23,26,29H,16H2,1H3. The van der Waals surface area contributed by atoms with Crippen LogP contribution in [0.3, 0.4) is 0 Å². The van der Waals surface area contributed by atoms with Crippen LogP contribution in [0.4, 0.5) is 0 Å². The Bertz CT molecular complexity index is 1290. The van der Waals surface area contributed by atoms with E-state index in [4.69, 9.17) is 18.4 Å². The van der Waals surface area contributed by atoms with Crippen LogP contribution in [-0.4, -0.2) is 56.7 Å². The van der Waals surface area contributed by atoms with Crippen molar-refractivity contribution in [2.75, 3.05) is 6.61 Å². The molecule has 0 saturated carbocycles. The van der Waals surface area contributed by atoms with E-state index in [1.165, 1.54) is 36.4 Å². The first kappa shape index (κ1) is 25.5. The van der Waals surface area contributed by atoms with E-state index >= 15 is 0 Å². The van der Waals surface area contributed by atoms with Gasteiger partial charge in [0.1, 0.15) is 6.10 Å². The van der Waals surface area contributed by atoms with Crippen LogP contribution in [0.2, 0.25) is 0 Å². The van der Waals surface area contributed by atoms with E-state index in [1.807, 2.05) is 0 Å². The highest BCUT2D eigenvalue weighted by Gasteiger charge is 2.48. The molecule has 1 aliphatic rings. The van der Waals surface area contributed by atoms with Crippen LogP contribution in [0.25, 0.3) is 0 Å². The van der Waals surface area contributed by atoms with Crippen LogP contribution >= 0.6 is 0 Å². The fourth-order valence-electron chi connectivity index (χ4n) is 3.56. The maximum Gasteiger partial charge on any atom is 0.338 e. The number of ether oxygens (including phenoxy) is 3. The van der Waals surface area contributed by atoms with Crippen LogP contribution in [0, 0.1) is 6.92 Å². The molecule has 1 N–H and O–H groups in total. The van der Waals surface area contributed by atoms with Crippen LogP contribution in [-0.2, 0) is 28.5 Å². The van der Waals surface area contributed by atoms with Crippen molar-refractivity contribution >= 4 is 22.1 Å². The van der Waals surface area contributed by atoms with Gasteiger partial charge in [0.05, 0.1) is 22.6 Å². The molecular weight excluding hydrogens is 488 g/mol. The van der Waals surface area contributed by atoms with Crippen molar-refractivity contribution in [1.29, 1.82) is 0 Å². The first-order valence-electron chi connectivity index (χ1n) is 11.1. The van der Waals surface area contributed by atoms with Crippen molar-refractivity contribution < 1.29 is 41.5 Å². The summed E-state index contributed by atoms with van der Waals surface area (Å²) in [6.07, 6.45) is -6.19. The number of rotatable bonds is 7. The van der Waals surface area contributed by atoms with Gasteiger partial charge in [-0.2, -0.15) is 8.42 Å². The molecule has 4 unspecified atom stereocenters. The Kier molecular flexibility index (Phi) is 7.80. The lowest BCUT2D eigenvalue weighted by Crippen LogP contribution is -2.57. The number of carbonyl (C=O) groups excluding carboxylic acids is 2. The summed E-state index contributed by atoms with van der Waals surface area (Å²) in [7, 11) is -4.32. The molecule has 0 radical (unpaired) electrons. The monoisotopic (exact) mass is 512 g/mol. The quantitative estimate of drug-likeness (QED) is 0.376. The van der Waals surface area contributed by atoms with Crippen LogP contribution in [0.1, 0.15) is 26.3 Å². The average molecular weight is 513 g/mol. The van der Waals surface area contributed by atoms with Crippen molar-refractivity contribution in [3.05, 3.63) is 102 Å². The van der Waals surface area contributed by atoms with E-state index in [9.17, 15) is 23.1 Å². The van der Waals surface area contributed by atoms with Gasteiger partial charge in [0.2, 0.25) is 0 Å². The Morgan fingerprint density at radius 1 is 0.806 bits per heavy atom. The van der Waals surface area contributed by atoms with Crippen molar-refractivity contribution in [3.8, 4) is 0 Å². The molecule has 0 spiro atoms. The maximum atomic E-state index is 13.0. The molecule has 1 fully saturated rings. The van der Waals surface area contributed by atoms with Gasteiger partial charge < -0.3 is 19.3 Å². The van der Waals surface area contributed by atoms with Gasteiger partial charge in [0.15, 0.2) is 18.5 Å².